The summed E-state index contributed by atoms with van der Waals surface area (Å²) in [6, 6.07) is 4.90. The van der Waals surface area contributed by atoms with Crippen molar-refractivity contribution < 1.29 is 17.9 Å². The van der Waals surface area contributed by atoms with Gasteiger partial charge in [-0.15, -0.1) is 13.2 Å². The van der Waals surface area contributed by atoms with Crippen molar-refractivity contribution in [1.29, 1.82) is 0 Å². The third kappa shape index (κ3) is 2.75. The van der Waals surface area contributed by atoms with Crippen LogP contribution in [0.3, 0.4) is 0 Å². The number of aryl methyl sites for hydroxylation is 1. The van der Waals surface area contributed by atoms with E-state index >= 15 is 0 Å². The molecule has 0 aromatic heterocycles. The van der Waals surface area contributed by atoms with Gasteiger partial charge in [0.2, 0.25) is 0 Å². The molecule has 2 nitrogen and oxygen atoms in total. The molecule has 2 rings (SSSR count). The SMILES string of the molecule is BN(C)C1CCc2cc(OC(F)(F)F)ccc21. The van der Waals surface area contributed by atoms with E-state index in [9.17, 15) is 13.2 Å². The van der Waals surface area contributed by atoms with Crippen LogP contribution in [0.25, 0.3) is 0 Å². The number of ether oxygens (including phenoxy) is 1. The minimum Gasteiger partial charge on any atom is -0.406 e. The molecule has 1 unspecified atom stereocenters. The largest absolute Gasteiger partial charge is 0.573 e. The first-order chi connectivity index (χ1) is 7.87. The minimum absolute atomic E-state index is 0.129. The first-order valence-corrected chi connectivity index (χ1v) is 5.42. The van der Waals surface area contributed by atoms with Gasteiger partial charge in [-0.3, -0.25) is 0 Å². The molecule has 0 radical (unpaired) electrons. The summed E-state index contributed by atoms with van der Waals surface area (Å²) in [5.41, 5.74) is 2.05. The molecule has 0 amide bonds. The molecule has 0 aliphatic heterocycles. The summed E-state index contributed by atoms with van der Waals surface area (Å²) in [6.45, 7) is 0. The zero-order chi connectivity index (χ0) is 12.6. The second-order valence-corrected chi connectivity index (χ2v) is 4.43. The lowest BCUT2D eigenvalue weighted by molar-refractivity contribution is -0.274. The standard InChI is InChI=1S/C11H13BF3NO/c1-16(12)10-5-2-7-6-8(3-4-9(7)10)17-11(13,14)15/h3-4,6,10H,2,5,12H2,1H3. The Labute approximate surface area is 98.8 Å². The summed E-state index contributed by atoms with van der Waals surface area (Å²) in [7, 11) is 3.94. The molecule has 0 spiro atoms. The maximum Gasteiger partial charge on any atom is 0.573 e. The fraction of sp³-hybridized carbons (Fsp3) is 0.455. The molecule has 6 heteroatoms. The van der Waals surface area contributed by atoms with Crippen molar-refractivity contribution >= 4 is 7.98 Å². The van der Waals surface area contributed by atoms with E-state index in [1.165, 1.54) is 12.1 Å². The van der Waals surface area contributed by atoms with Crippen LogP contribution in [0.15, 0.2) is 18.2 Å². The van der Waals surface area contributed by atoms with Gasteiger partial charge in [-0.1, -0.05) is 6.07 Å². The van der Waals surface area contributed by atoms with Crippen LogP contribution in [-0.4, -0.2) is 26.2 Å². The van der Waals surface area contributed by atoms with Gasteiger partial charge >= 0.3 is 6.36 Å². The van der Waals surface area contributed by atoms with Crippen molar-refractivity contribution in [2.24, 2.45) is 0 Å². The number of rotatable bonds is 2. The van der Waals surface area contributed by atoms with Crippen LogP contribution in [0.5, 0.6) is 5.75 Å². The van der Waals surface area contributed by atoms with Crippen molar-refractivity contribution in [2.75, 3.05) is 7.05 Å². The Morgan fingerprint density at radius 1 is 1.41 bits per heavy atom. The average Bonchev–Trinajstić information content (AvgIpc) is 2.57. The number of alkyl halides is 3. The molecule has 0 heterocycles. The summed E-state index contributed by atoms with van der Waals surface area (Å²) >= 11 is 0. The van der Waals surface area contributed by atoms with Crippen molar-refractivity contribution in [1.82, 2.24) is 4.81 Å². The van der Waals surface area contributed by atoms with E-state index in [0.717, 1.165) is 24.0 Å². The molecule has 17 heavy (non-hydrogen) atoms. The van der Waals surface area contributed by atoms with Gasteiger partial charge < -0.3 is 9.55 Å². The Bertz CT molecular complexity index is 420. The lowest BCUT2D eigenvalue weighted by atomic mass is 10.0. The Morgan fingerprint density at radius 3 is 2.71 bits per heavy atom. The zero-order valence-electron chi connectivity index (χ0n) is 9.71. The molecule has 1 aliphatic carbocycles. The summed E-state index contributed by atoms with van der Waals surface area (Å²) in [4.78, 5) is 2.08. The van der Waals surface area contributed by atoms with E-state index in [2.05, 4.69) is 9.55 Å². The molecule has 0 fully saturated rings. The first-order valence-electron chi connectivity index (χ1n) is 5.42. The second kappa shape index (κ2) is 4.25. The van der Waals surface area contributed by atoms with Gasteiger partial charge in [-0.2, -0.15) is 0 Å². The van der Waals surface area contributed by atoms with E-state index in [0.29, 0.717) is 6.04 Å². The van der Waals surface area contributed by atoms with Gasteiger partial charge in [0, 0.05) is 6.04 Å². The molecule has 1 aromatic rings. The van der Waals surface area contributed by atoms with Gasteiger partial charge in [0.05, 0.1) is 0 Å². The van der Waals surface area contributed by atoms with Gasteiger partial charge in [0.15, 0.2) is 7.98 Å². The highest BCUT2D eigenvalue weighted by molar-refractivity contribution is 6.04. The fourth-order valence-corrected chi connectivity index (χ4v) is 2.30. The van der Waals surface area contributed by atoms with E-state index < -0.39 is 6.36 Å². The zero-order valence-corrected chi connectivity index (χ0v) is 9.71. The number of nitrogens with zero attached hydrogens (tertiary/aromatic N) is 1. The van der Waals surface area contributed by atoms with E-state index in [-0.39, 0.29) is 5.75 Å². The summed E-state index contributed by atoms with van der Waals surface area (Å²) in [5.74, 6) is -0.129. The fourth-order valence-electron chi connectivity index (χ4n) is 2.30. The number of fused-ring (bicyclic) bond motifs is 1. The van der Waals surface area contributed by atoms with Crippen molar-refractivity contribution in [3.63, 3.8) is 0 Å². The normalized spacial score (nSPS) is 19.5. The number of halogens is 3. The second-order valence-electron chi connectivity index (χ2n) is 4.43. The number of hydrogen-bond donors (Lipinski definition) is 0. The van der Waals surface area contributed by atoms with Gasteiger partial charge in [-0.25, -0.2) is 0 Å². The Hall–Kier alpha value is -1.17. The summed E-state index contributed by atoms with van der Waals surface area (Å²) in [5, 5.41) is 0. The predicted octanol–water partition coefficient (Wildman–Crippen LogP) is 2.05. The summed E-state index contributed by atoms with van der Waals surface area (Å²) < 4.78 is 40.1. The van der Waals surface area contributed by atoms with E-state index in [1.54, 1.807) is 6.07 Å². The Morgan fingerprint density at radius 2 is 2.12 bits per heavy atom. The molecule has 1 atom stereocenters. The highest BCUT2D eigenvalue weighted by Gasteiger charge is 2.32. The van der Waals surface area contributed by atoms with E-state index in [4.69, 9.17) is 0 Å². The first kappa shape index (κ1) is 12.3. The Kier molecular flexibility index (Phi) is 3.08. The van der Waals surface area contributed by atoms with Crippen molar-refractivity contribution in [3.05, 3.63) is 29.3 Å². The lowest BCUT2D eigenvalue weighted by Gasteiger charge is -2.20. The predicted molar refractivity (Wildman–Crippen MR) is 60.5 cm³/mol. The van der Waals surface area contributed by atoms with Crippen LogP contribution in [0, 0.1) is 0 Å². The number of benzene rings is 1. The average molecular weight is 243 g/mol. The smallest absolute Gasteiger partial charge is 0.406 e. The minimum atomic E-state index is -4.62. The third-order valence-corrected chi connectivity index (χ3v) is 3.02. The van der Waals surface area contributed by atoms with Crippen LogP contribution in [-0.2, 0) is 6.42 Å². The molecule has 0 bridgehead atoms. The molecular weight excluding hydrogens is 230 g/mol. The van der Waals surface area contributed by atoms with Crippen LogP contribution in [0.1, 0.15) is 23.6 Å². The monoisotopic (exact) mass is 243 g/mol. The van der Waals surface area contributed by atoms with Crippen molar-refractivity contribution in [2.45, 2.75) is 25.2 Å². The molecule has 1 aliphatic rings. The topological polar surface area (TPSA) is 12.5 Å². The molecule has 1 aromatic carbocycles. The summed E-state index contributed by atoms with van der Waals surface area (Å²) in [6.07, 6.45) is -2.88. The molecule has 0 N–H and O–H groups in total. The van der Waals surface area contributed by atoms with Crippen LogP contribution in [0.2, 0.25) is 0 Å². The van der Waals surface area contributed by atoms with Crippen molar-refractivity contribution in [3.8, 4) is 5.75 Å². The highest BCUT2D eigenvalue weighted by Crippen LogP contribution is 2.37. The molecule has 92 valence electrons. The van der Waals surface area contributed by atoms with Gasteiger partial charge in [-0.05, 0) is 43.1 Å². The Balaban J connectivity index is 2.23. The van der Waals surface area contributed by atoms with Gasteiger partial charge in [0.25, 0.3) is 0 Å². The van der Waals surface area contributed by atoms with E-state index in [1.807, 2.05) is 15.0 Å². The van der Waals surface area contributed by atoms with Gasteiger partial charge in [0.1, 0.15) is 5.75 Å². The molecule has 0 saturated carbocycles. The third-order valence-electron chi connectivity index (χ3n) is 3.02. The maximum atomic E-state index is 12.1. The quantitative estimate of drug-likeness (QED) is 0.737. The molecular formula is C11H13BF3NO. The lowest BCUT2D eigenvalue weighted by Crippen LogP contribution is -2.19. The molecule has 0 saturated heterocycles. The van der Waals surface area contributed by atoms with Crippen LogP contribution in [0.4, 0.5) is 13.2 Å². The maximum absolute atomic E-state index is 12.1. The van der Waals surface area contributed by atoms with Crippen LogP contribution < -0.4 is 4.74 Å². The highest BCUT2D eigenvalue weighted by atomic mass is 19.4. The number of hydrogen-bond acceptors (Lipinski definition) is 2. The van der Waals surface area contributed by atoms with Crippen LogP contribution >= 0.6 is 0 Å².